The van der Waals surface area contributed by atoms with Gasteiger partial charge in [-0.3, -0.25) is 4.68 Å². The third-order valence-corrected chi connectivity index (χ3v) is 3.42. The third-order valence-electron chi connectivity index (χ3n) is 3.19. The molecule has 0 saturated carbocycles. The molecule has 1 unspecified atom stereocenters. The van der Waals surface area contributed by atoms with Gasteiger partial charge in [-0.15, -0.1) is 5.10 Å². The van der Waals surface area contributed by atoms with E-state index in [1.54, 1.807) is 10.9 Å². The van der Waals surface area contributed by atoms with Crippen molar-refractivity contribution in [3.05, 3.63) is 46.2 Å². The smallest absolute Gasteiger partial charge is 0.0798 e. The second kappa shape index (κ2) is 6.17. The van der Waals surface area contributed by atoms with Gasteiger partial charge in [0.05, 0.1) is 17.9 Å². The van der Waals surface area contributed by atoms with E-state index in [2.05, 4.69) is 35.5 Å². The molecule has 0 bridgehead atoms. The number of benzene rings is 1. The Balaban J connectivity index is 2.40. The molecule has 0 amide bonds. The lowest BCUT2D eigenvalue weighted by Crippen LogP contribution is -2.26. The van der Waals surface area contributed by atoms with Crippen LogP contribution in [0, 0.1) is 6.92 Å². The summed E-state index contributed by atoms with van der Waals surface area (Å²) < 4.78 is 1.81. The molecule has 1 atom stereocenters. The lowest BCUT2D eigenvalue weighted by molar-refractivity contribution is 0.549. The second-order valence-electron chi connectivity index (χ2n) is 4.67. The molecule has 1 N–H and O–H groups in total. The second-order valence-corrected chi connectivity index (χ2v) is 5.11. The first-order valence-electron chi connectivity index (χ1n) is 6.47. The van der Waals surface area contributed by atoms with Gasteiger partial charge >= 0.3 is 0 Å². The highest BCUT2D eigenvalue weighted by atomic mass is 35.5. The molecule has 0 aliphatic rings. The van der Waals surface area contributed by atoms with E-state index in [-0.39, 0.29) is 6.04 Å². The molecule has 1 aromatic heterocycles. The monoisotopic (exact) mass is 278 g/mol. The van der Waals surface area contributed by atoms with Crippen molar-refractivity contribution in [3.63, 3.8) is 0 Å². The zero-order chi connectivity index (χ0) is 13.8. The molecule has 0 aliphatic heterocycles. The van der Waals surface area contributed by atoms with Crippen LogP contribution < -0.4 is 5.32 Å². The van der Waals surface area contributed by atoms with Gasteiger partial charge in [0.2, 0.25) is 0 Å². The summed E-state index contributed by atoms with van der Waals surface area (Å²) >= 11 is 6.03. The van der Waals surface area contributed by atoms with E-state index in [1.165, 1.54) is 11.1 Å². The molecule has 0 radical (unpaired) electrons. The number of nitrogens with zero attached hydrogens (tertiary/aromatic N) is 3. The molecule has 0 spiro atoms. The number of aryl methyl sites for hydroxylation is 2. The van der Waals surface area contributed by atoms with Crippen molar-refractivity contribution < 1.29 is 0 Å². The van der Waals surface area contributed by atoms with Gasteiger partial charge in [-0.05, 0) is 43.1 Å². The standard InChI is InChI=1S/C14H19ClN4/c1-4-7-16-14(13-9-17-18-19(13)3)12-6-5-11(15)8-10(12)2/h5-6,8-9,14,16H,4,7H2,1-3H3. The van der Waals surface area contributed by atoms with E-state index in [1.807, 2.05) is 19.2 Å². The van der Waals surface area contributed by atoms with Crippen LogP contribution in [0.1, 0.15) is 36.2 Å². The largest absolute Gasteiger partial charge is 0.305 e. The summed E-state index contributed by atoms with van der Waals surface area (Å²) in [5.74, 6) is 0. The van der Waals surface area contributed by atoms with Crippen molar-refractivity contribution in [1.82, 2.24) is 20.3 Å². The molecule has 2 rings (SSSR count). The molecule has 0 fully saturated rings. The maximum Gasteiger partial charge on any atom is 0.0798 e. The number of aromatic nitrogens is 3. The highest BCUT2D eigenvalue weighted by Crippen LogP contribution is 2.26. The average molecular weight is 279 g/mol. The van der Waals surface area contributed by atoms with Crippen molar-refractivity contribution in [1.29, 1.82) is 0 Å². The zero-order valence-electron chi connectivity index (χ0n) is 11.5. The lowest BCUT2D eigenvalue weighted by Gasteiger charge is -2.20. The summed E-state index contributed by atoms with van der Waals surface area (Å²) in [6.07, 6.45) is 2.88. The molecule has 4 nitrogen and oxygen atoms in total. The predicted molar refractivity (Wildman–Crippen MR) is 77.3 cm³/mol. The van der Waals surface area contributed by atoms with E-state index in [4.69, 9.17) is 11.6 Å². The van der Waals surface area contributed by atoms with Crippen molar-refractivity contribution in [2.45, 2.75) is 26.3 Å². The Morgan fingerprint density at radius 3 is 2.79 bits per heavy atom. The average Bonchev–Trinajstić information content (AvgIpc) is 2.78. The fourth-order valence-electron chi connectivity index (χ4n) is 2.18. The minimum absolute atomic E-state index is 0.0946. The molecule has 0 aliphatic carbocycles. The highest BCUT2D eigenvalue weighted by Gasteiger charge is 2.19. The van der Waals surface area contributed by atoms with Gasteiger partial charge in [-0.2, -0.15) is 0 Å². The van der Waals surface area contributed by atoms with Gasteiger partial charge in [-0.1, -0.05) is 29.8 Å². The number of halogens is 1. The maximum absolute atomic E-state index is 6.03. The summed E-state index contributed by atoms with van der Waals surface area (Å²) in [5.41, 5.74) is 3.43. The summed E-state index contributed by atoms with van der Waals surface area (Å²) in [7, 11) is 1.91. The first kappa shape index (κ1) is 14.0. The normalized spacial score (nSPS) is 12.6. The third kappa shape index (κ3) is 3.14. The number of hydrogen-bond acceptors (Lipinski definition) is 3. The quantitative estimate of drug-likeness (QED) is 0.914. The van der Waals surface area contributed by atoms with Crippen LogP contribution in [0.25, 0.3) is 0 Å². The topological polar surface area (TPSA) is 42.7 Å². The molecular formula is C14H19ClN4. The van der Waals surface area contributed by atoms with Gasteiger partial charge in [0, 0.05) is 12.1 Å². The van der Waals surface area contributed by atoms with Crippen molar-refractivity contribution in [3.8, 4) is 0 Å². The SMILES string of the molecule is CCCNC(c1ccc(Cl)cc1C)c1cnnn1C. The Hall–Kier alpha value is -1.39. The molecule has 1 heterocycles. The Kier molecular flexibility index (Phi) is 4.56. The number of nitrogens with one attached hydrogen (secondary N) is 1. The van der Waals surface area contributed by atoms with E-state index in [0.717, 1.165) is 23.7 Å². The molecule has 0 saturated heterocycles. The summed E-state index contributed by atoms with van der Waals surface area (Å²) in [4.78, 5) is 0. The maximum atomic E-state index is 6.03. The van der Waals surface area contributed by atoms with Crippen molar-refractivity contribution in [2.75, 3.05) is 6.54 Å². The van der Waals surface area contributed by atoms with Crippen LogP contribution in [0.5, 0.6) is 0 Å². The number of rotatable bonds is 5. The minimum atomic E-state index is 0.0946. The van der Waals surface area contributed by atoms with E-state index in [0.29, 0.717) is 0 Å². The Morgan fingerprint density at radius 1 is 1.42 bits per heavy atom. The first-order valence-corrected chi connectivity index (χ1v) is 6.85. The van der Waals surface area contributed by atoms with Gasteiger partial charge < -0.3 is 5.32 Å². The van der Waals surface area contributed by atoms with E-state index in [9.17, 15) is 0 Å². The first-order chi connectivity index (χ1) is 9.13. The van der Waals surface area contributed by atoms with Gasteiger partial charge in [0.1, 0.15) is 0 Å². The highest BCUT2D eigenvalue weighted by molar-refractivity contribution is 6.30. The molecule has 2 aromatic rings. The van der Waals surface area contributed by atoms with Crippen LogP contribution in [0.2, 0.25) is 5.02 Å². The Morgan fingerprint density at radius 2 is 2.21 bits per heavy atom. The van der Waals surface area contributed by atoms with Crippen LogP contribution in [0.4, 0.5) is 0 Å². The molecule has 1 aromatic carbocycles. The Labute approximate surface area is 118 Å². The molecular weight excluding hydrogens is 260 g/mol. The predicted octanol–water partition coefficient (Wildman–Crippen LogP) is 2.87. The van der Waals surface area contributed by atoms with Crippen molar-refractivity contribution >= 4 is 11.6 Å². The van der Waals surface area contributed by atoms with Crippen molar-refractivity contribution in [2.24, 2.45) is 7.05 Å². The van der Waals surface area contributed by atoms with Crippen LogP contribution in [-0.2, 0) is 7.05 Å². The summed E-state index contributed by atoms with van der Waals surface area (Å²) in [6.45, 7) is 5.17. The molecule has 19 heavy (non-hydrogen) atoms. The van der Waals surface area contributed by atoms with Gasteiger partial charge in [0.25, 0.3) is 0 Å². The van der Waals surface area contributed by atoms with Gasteiger partial charge in [-0.25, -0.2) is 0 Å². The van der Waals surface area contributed by atoms with Crippen LogP contribution in [0.15, 0.2) is 24.4 Å². The number of hydrogen-bond donors (Lipinski definition) is 1. The fraction of sp³-hybridized carbons (Fsp3) is 0.429. The molecule has 5 heteroatoms. The lowest BCUT2D eigenvalue weighted by atomic mass is 9.99. The van der Waals surface area contributed by atoms with Crippen LogP contribution >= 0.6 is 11.6 Å². The summed E-state index contributed by atoms with van der Waals surface area (Å²) in [6, 6.07) is 6.07. The van der Waals surface area contributed by atoms with Crippen LogP contribution in [0.3, 0.4) is 0 Å². The zero-order valence-corrected chi connectivity index (χ0v) is 12.3. The fourth-order valence-corrected chi connectivity index (χ4v) is 2.41. The van der Waals surface area contributed by atoms with Crippen LogP contribution in [-0.4, -0.2) is 21.5 Å². The minimum Gasteiger partial charge on any atom is -0.305 e. The molecule has 102 valence electrons. The summed E-state index contributed by atoms with van der Waals surface area (Å²) in [5, 5.41) is 12.3. The van der Waals surface area contributed by atoms with E-state index >= 15 is 0 Å². The van der Waals surface area contributed by atoms with E-state index < -0.39 is 0 Å². The van der Waals surface area contributed by atoms with Gasteiger partial charge in [0.15, 0.2) is 0 Å². The Bertz CT molecular complexity index is 550.